The van der Waals surface area contributed by atoms with Crippen molar-refractivity contribution in [2.75, 3.05) is 11.9 Å². The molecule has 0 aliphatic heterocycles. The molecule has 8 heteroatoms. The molecule has 1 aromatic carbocycles. The van der Waals surface area contributed by atoms with Crippen LogP contribution in [0.5, 0.6) is 5.88 Å². The van der Waals surface area contributed by atoms with E-state index in [0.717, 1.165) is 19.3 Å². The van der Waals surface area contributed by atoms with Crippen molar-refractivity contribution in [1.82, 2.24) is 4.98 Å². The van der Waals surface area contributed by atoms with E-state index in [0.29, 0.717) is 5.69 Å². The number of anilines is 1. The third-order valence-electron chi connectivity index (χ3n) is 4.11. The van der Waals surface area contributed by atoms with Gasteiger partial charge in [0, 0.05) is 24.0 Å². The van der Waals surface area contributed by atoms with E-state index in [-0.39, 0.29) is 17.5 Å². The molecule has 0 spiro atoms. The van der Waals surface area contributed by atoms with Crippen LogP contribution in [-0.4, -0.2) is 29.7 Å². The van der Waals surface area contributed by atoms with Gasteiger partial charge in [0.25, 0.3) is 5.91 Å². The van der Waals surface area contributed by atoms with E-state index >= 15 is 0 Å². The van der Waals surface area contributed by atoms with E-state index in [9.17, 15) is 18.0 Å². The molecular weight excluding hydrogens is 347 g/mol. The highest BCUT2D eigenvalue weighted by molar-refractivity contribution is 6.04. The summed E-state index contributed by atoms with van der Waals surface area (Å²) < 4.78 is 40.8. The minimum Gasteiger partial charge on any atom is -0.468 e. The summed E-state index contributed by atoms with van der Waals surface area (Å²) in [6.07, 6.45) is -0.653. The summed E-state index contributed by atoms with van der Waals surface area (Å²) in [5.74, 6) is -0.587. The molecule has 0 unspecified atom stereocenters. The molecule has 1 atom stereocenters. The molecule has 0 radical (unpaired) electrons. The lowest BCUT2D eigenvalue weighted by molar-refractivity contribution is -0.154. The number of nitrogens with one attached hydrogen (secondary N) is 1. The second-order valence-corrected chi connectivity index (χ2v) is 6.23. The van der Waals surface area contributed by atoms with Crippen molar-refractivity contribution in [3.8, 4) is 5.88 Å². The number of pyridine rings is 1. The van der Waals surface area contributed by atoms with Crippen LogP contribution in [0.1, 0.15) is 27.9 Å². The standard InChI is InChI=1S/C18H18F3N3O2/c19-18(20,21)10-26-16-6-3-13(9-23-16)17(25)24-15-5-2-11-7-14(22)4-1-12(11)8-15/h2-3,5-6,8-9,14H,1,4,7,10,22H2,(H,24,25)/t14-/m0/s1. The van der Waals surface area contributed by atoms with E-state index in [4.69, 9.17) is 5.73 Å². The molecule has 3 rings (SSSR count). The van der Waals surface area contributed by atoms with Crippen molar-refractivity contribution < 1.29 is 22.7 Å². The Hall–Kier alpha value is -2.61. The number of nitrogens with zero attached hydrogens (tertiary/aromatic N) is 1. The average Bonchev–Trinajstić information content (AvgIpc) is 2.60. The van der Waals surface area contributed by atoms with E-state index in [1.165, 1.54) is 29.5 Å². The average molecular weight is 365 g/mol. The largest absolute Gasteiger partial charge is 0.468 e. The van der Waals surface area contributed by atoms with Crippen LogP contribution in [0.2, 0.25) is 0 Å². The second-order valence-electron chi connectivity index (χ2n) is 6.23. The number of aromatic nitrogens is 1. The molecule has 1 aliphatic carbocycles. The number of aryl methyl sites for hydroxylation is 1. The first-order valence-electron chi connectivity index (χ1n) is 8.14. The summed E-state index contributed by atoms with van der Waals surface area (Å²) in [6.45, 7) is -1.43. The Kier molecular flexibility index (Phi) is 5.13. The van der Waals surface area contributed by atoms with Gasteiger partial charge in [0.15, 0.2) is 6.61 Å². The molecule has 3 N–H and O–H groups in total. The Morgan fingerprint density at radius 3 is 2.77 bits per heavy atom. The molecule has 1 heterocycles. The van der Waals surface area contributed by atoms with E-state index < -0.39 is 18.7 Å². The van der Waals surface area contributed by atoms with Gasteiger partial charge in [0.05, 0.1) is 5.56 Å². The normalized spacial score (nSPS) is 16.7. The highest BCUT2D eigenvalue weighted by atomic mass is 19.4. The van der Waals surface area contributed by atoms with Crippen molar-refractivity contribution in [3.05, 3.63) is 53.2 Å². The number of carbonyl (C=O) groups excluding carboxylic acids is 1. The maximum atomic E-state index is 12.3. The predicted octanol–water partition coefficient (Wildman–Crippen LogP) is 3.09. The quantitative estimate of drug-likeness (QED) is 0.873. The van der Waals surface area contributed by atoms with Crippen LogP contribution < -0.4 is 15.8 Å². The maximum absolute atomic E-state index is 12.3. The minimum absolute atomic E-state index is 0.173. The van der Waals surface area contributed by atoms with E-state index in [2.05, 4.69) is 15.0 Å². The Balaban J connectivity index is 1.63. The number of nitrogens with two attached hydrogens (primary N) is 1. The summed E-state index contributed by atoms with van der Waals surface area (Å²) in [5, 5.41) is 2.76. The van der Waals surface area contributed by atoms with Crippen LogP contribution in [0.25, 0.3) is 0 Å². The van der Waals surface area contributed by atoms with Crippen molar-refractivity contribution in [2.45, 2.75) is 31.5 Å². The van der Waals surface area contributed by atoms with Gasteiger partial charge in [0.2, 0.25) is 5.88 Å². The Labute approximate surface area is 148 Å². The van der Waals surface area contributed by atoms with Gasteiger partial charge in [-0.1, -0.05) is 6.07 Å². The van der Waals surface area contributed by atoms with Gasteiger partial charge in [-0.2, -0.15) is 13.2 Å². The SMILES string of the molecule is N[C@H]1CCc2cc(NC(=O)c3ccc(OCC(F)(F)F)nc3)ccc2C1. The fourth-order valence-electron chi connectivity index (χ4n) is 2.82. The Morgan fingerprint density at radius 2 is 2.08 bits per heavy atom. The molecule has 0 saturated heterocycles. The molecule has 1 aliphatic rings. The predicted molar refractivity (Wildman–Crippen MR) is 90.2 cm³/mol. The number of amides is 1. The second kappa shape index (κ2) is 7.33. The first kappa shape index (κ1) is 18.2. The Bertz CT molecular complexity index is 791. The van der Waals surface area contributed by atoms with Crippen LogP contribution >= 0.6 is 0 Å². The van der Waals surface area contributed by atoms with Crippen molar-refractivity contribution in [1.29, 1.82) is 0 Å². The minimum atomic E-state index is -4.44. The van der Waals surface area contributed by atoms with Gasteiger partial charge >= 0.3 is 6.18 Å². The zero-order valence-electron chi connectivity index (χ0n) is 13.8. The zero-order valence-corrected chi connectivity index (χ0v) is 13.8. The van der Waals surface area contributed by atoms with Gasteiger partial charge in [-0.25, -0.2) is 4.98 Å². The lowest BCUT2D eigenvalue weighted by Crippen LogP contribution is -2.27. The molecule has 5 nitrogen and oxygen atoms in total. The smallest absolute Gasteiger partial charge is 0.422 e. The molecule has 0 fully saturated rings. The molecule has 0 bridgehead atoms. The van der Waals surface area contributed by atoms with Gasteiger partial charge in [-0.15, -0.1) is 0 Å². The molecule has 138 valence electrons. The molecule has 2 aromatic rings. The Morgan fingerprint density at radius 1 is 1.27 bits per heavy atom. The lowest BCUT2D eigenvalue weighted by atomic mass is 9.88. The number of carbonyl (C=O) groups is 1. The molecule has 0 saturated carbocycles. The van der Waals surface area contributed by atoms with Crippen LogP contribution in [-0.2, 0) is 12.8 Å². The van der Waals surface area contributed by atoms with E-state index in [1.54, 1.807) is 0 Å². The number of alkyl halides is 3. The van der Waals surface area contributed by atoms with Crippen LogP contribution in [0.4, 0.5) is 18.9 Å². The monoisotopic (exact) mass is 365 g/mol. The molecule has 1 amide bonds. The van der Waals surface area contributed by atoms with Crippen LogP contribution in [0, 0.1) is 0 Å². The zero-order chi connectivity index (χ0) is 18.7. The third-order valence-corrected chi connectivity index (χ3v) is 4.11. The number of fused-ring (bicyclic) bond motifs is 1. The number of benzene rings is 1. The van der Waals surface area contributed by atoms with Gasteiger partial charge in [0.1, 0.15) is 0 Å². The summed E-state index contributed by atoms with van der Waals surface area (Å²) in [5.41, 5.74) is 9.19. The highest BCUT2D eigenvalue weighted by Crippen LogP contribution is 2.24. The van der Waals surface area contributed by atoms with Gasteiger partial charge in [-0.3, -0.25) is 4.79 Å². The third kappa shape index (κ3) is 4.72. The molecular formula is C18H18F3N3O2. The van der Waals surface area contributed by atoms with Crippen molar-refractivity contribution in [2.24, 2.45) is 5.73 Å². The van der Waals surface area contributed by atoms with Gasteiger partial charge in [-0.05, 0) is 48.6 Å². The maximum Gasteiger partial charge on any atom is 0.422 e. The first-order chi connectivity index (χ1) is 12.3. The number of ether oxygens (including phenoxy) is 1. The first-order valence-corrected chi connectivity index (χ1v) is 8.14. The van der Waals surface area contributed by atoms with Crippen molar-refractivity contribution >= 4 is 11.6 Å². The van der Waals surface area contributed by atoms with E-state index in [1.807, 2.05) is 18.2 Å². The summed E-state index contributed by atoms with van der Waals surface area (Å²) in [7, 11) is 0. The number of hydrogen-bond donors (Lipinski definition) is 2. The summed E-state index contributed by atoms with van der Waals surface area (Å²) in [4.78, 5) is 16.0. The lowest BCUT2D eigenvalue weighted by Gasteiger charge is -2.22. The fourth-order valence-corrected chi connectivity index (χ4v) is 2.82. The number of rotatable bonds is 4. The number of hydrogen-bond acceptors (Lipinski definition) is 4. The van der Waals surface area contributed by atoms with Gasteiger partial charge < -0.3 is 15.8 Å². The molecule has 26 heavy (non-hydrogen) atoms. The summed E-state index contributed by atoms with van der Waals surface area (Å²) >= 11 is 0. The summed E-state index contributed by atoms with van der Waals surface area (Å²) in [6, 6.07) is 8.46. The highest BCUT2D eigenvalue weighted by Gasteiger charge is 2.28. The van der Waals surface area contributed by atoms with Crippen LogP contribution in [0.3, 0.4) is 0 Å². The van der Waals surface area contributed by atoms with Crippen LogP contribution in [0.15, 0.2) is 36.5 Å². The number of halogens is 3. The fraction of sp³-hybridized carbons (Fsp3) is 0.333. The molecule has 1 aromatic heterocycles. The topological polar surface area (TPSA) is 77.2 Å². The van der Waals surface area contributed by atoms with Crippen molar-refractivity contribution in [3.63, 3.8) is 0 Å².